The van der Waals surface area contributed by atoms with Crippen molar-refractivity contribution < 1.29 is 0 Å². The molecule has 0 saturated heterocycles. The third kappa shape index (κ3) is 5.41. The number of rotatable bonds is 4. The zero-order valence-corrected chi connectivity index (χ0v) is 8.46. The van der Waals surface area contributed by atoms with Gasteiger partial charge in [-0.15, -0.1) is 24.8 Å². The molecule has 0 saturated carbocycles. The highest BCUT2D eigenvalue weighted by atomic mass is 35.5. The first-order valence-corrected chi connectivity index (χ1v) is 3.62. The third-order valence-electron chi connectivity index (χ3n) is 1.42. The minimum absolute atomic E-state index is 0. The molecule has 0 aliphatic rings. The Morgan fingerprint density at radius 2 is 2.08 bits per heavy atom. The number of H-pyrrole nitrogens is 1. The summed E-state index contributed by atoms with van der Waals surface area (Å²) in [7, 11) is 0. The van der Waals surface area contributed by atoms with Crippen LogP contribution in [-0.4, -0.2) is 16.5 Å². The quantitative estimate of drug-likeness (QED) is 0.743. The van der Waals surface area contributed by atoms with E-state index in [0.29, 0.717) is 0 Å². The molecule has 5 heteroatoms. The summed E-state index contributed by atoms with van der Waals surface area (Å²) < 4.78 is 0. The molecule has 0 bridgehead atoms. The summed E-state index contributed by atoms with van der Waals surface area (Å²) in [6.45, 7) is 0.778. The van der Waals surface area contributed by atoms with E-state index in [1.165, 1.54) is 0 Å². The van der Waals surface area contributed by atoms with Gasteiger partial charge in [-0.1, -0.05) is 0 Å². The average molecular weight is 212 g/mol. The molecule has 3 N–H and O–H groups in total. The van der Waals surface area contributed by atoms with Crippen LogP contribution in [0.15, 0.2) is 12.4 Å². The number of halogens is 2. The number of hydrogen-bond donors (Lipinski definition) is 2. The lowest BCUT2D eigenvalue weighted by atomic mass is 10.2. The van der Waals surface area contributed by atoms with Gasteiger partial charge in [0.2, 0.25) is 0 Å². The molecule has 0 aliphatic carbocycles. The Labute approximate surface area is 85.0 Å². The van der Waals surface area contributed by atoms with E-state index >= 15 is 0 Å². The maximum absolute atomic E-state index is 5.34. The molecule has 0 aromatic carbocycles. The highest BCUT2D eigenvalue weighted by molar-refractivity contribution is 5.85. The second-order valence-corrected chi connectivity index (χ2v) is 2.28. The van der Waals surface area contributed by atoms with Gasteiger partial charge in [0, 0.05) is 18.8 Å². The maximum atomic E-state index is 5.34. The predicted molar refractivity (Wildman–Crippen MR) is 55.1 cm³/mol. The average Bonchev–Trinajstić information content (AvgIpc) is 2.41. The van der Waals surface area contributed by atoms with Gasteiger partial charge in [-0.05, 0) is 19.4 Å². The SMILES string of the molecule is Cl.Cl.NCCCCc1ncc[nH]1. The summed E-state index contributed by atoms with van der Waals surface area (Å²) in [4.78, 5) is 7.14. The number of aromatic nitrogens is 2. The number of aromatic amines is 1. The number of aryl methyl sites for hydroxylation is 1. The summed E-state index contributed by atoms with van der Waals surface area (Å²) in [5.74, 6) is 1.06. The smallest absolute Gasteiger partial charge is 0.105 e. The Hall–Kier alpha value is -0.250. The van der Waals surface area contributed by atoms with E-state index in [9.17, 15) is 0 Å². The van der Waals surface area contributed by atoms with Crippen LogP contribution in [0.25, 0.3) is 0 Å². The first-order chi connectivity index (χ1) is 4.93. The zero-order valence-electron chi connectivity index (χ0n) is 6.82. The summed E-state index contributed by atoms with van der Waals surface area (Å²) in [5.41, 5.74) is 5.34. The summed E-state index contributed by atoms with van der Waals surface area (Å²) >= 11 is 0. The van der Waals surface area contributed by atoms with Crippen molar-refractivity contribution in [1.29, 1.82) is 0 Å². The highest BCUT2D eigenvalue weighted by Gasteiger charge is 1.91. The van der Waals surface area contributed by atoms with Crippen molar-refractivity contribution in [2.75, 3.05) is 6.54 Å². The first-order valence-electron chi connectivity index (χ1n) is 3.62. The topological polar surface area (TPSA) is 54.7 Å². The van der Waals surface area contributed by atoms with Crippen molar-refractivity contribution in [2.45, 2.75) is 19.3 Å². The van der Waals surface area contributed by atoms with Gasteiger partial charge in [0.05, 0.1) is 0 Å². The van der Waals surface area contributed by atoms with E-state index in [1.54, 1.807) is 6.20 Å². The Morgan fingerprint density at radius 1 is 1.33 bits per heavy atom. The molecule has 12 heavy (non-hydrogen) atoms. The second-order valence-electron chi connectivity index (χ2n) is 2.28. The molecule has 0 amide bonds. The molecule has 1 rings (SSSR count). The molecule has 0 unspecified atom stereocenters. The molecule has 1 aromatic rings. The van der Waals surface area contributed by atoms with E-state index < -0.39 is 0 Å². The van der Waals surface area contributed by atoms with Gasteiger partial charge in [0.25, 0.3) is 0 Å². The zero-order chi connectivity index (χ0) is 7.23. The lowest BCUT2D eigenvalue weighted by Gasteiger charge is -1.93. The number of unbranched alkanes of at least 4 members (excludes halogenated alkanes) is 1. The van der Waals surface area contributed by atoms with Crippen LogP contribution in [0.1, 0.15) is 18.7 Å². The molecule has 0 spiro atoms. The lowest BCUT2D eigenvalue weighted by molar-refractivity contribution is 0.722. The van der Waals surface area contributed by atoms with Gasteiger partial charge in [-0.25, -0.2) is 4.98 Å². The molecule has 0 fully saturated rings. The molecule has 1 aromatic heterocycles. The number of nitrogens with two attached hydrogens (primary N) is 1. The molecule has 3 nitrogen and oxygen atoms in total. The van der Waals surface area contributed by atoms with Crippen LogP contribution in [0.4, 0.5) is 0 Å². The minimum Gasteiger partial charge on any atom is -0.349 e. The molecular formula is C7H15Cl2N3. The fourth-order valence-electron chi connectivity index (χ4n) is 0.871. The highest BCUT2D eigenvalue weighted by Crippen LogP contribution is 1.96. The fraction of sp³-hybridized carbons (Fsp3) is 0.571. The minimum atomic E-state index is 0. The Bertz CT molecular complexity index is 165. The van der Waals surface area contributed by atoms with Gasteiger partial charge < -0.3 is 10.7 Å². The number of imidazole rings is 1. The van der Waals surface area contributed by atoms with Crippen molar-refractivity contribution in [3.63, 3.8) is 0 Å². The van der Waals surface area contributed by atoms with E-state index in [-0.39, 0.29) is 24.8 Å². The van der Waals surface area contributed by atoms with Crippen LogP contribution in [0.2, 0.25) is 0 Å². The number of nitrogens with zero attached hydrogens (tertiary/aromatic N) is 1. The van der Waals surface area contributed by atoms with Crippen molar-refractivity contribution in [1.82, 2.24) is 9.97 Å². The van der Waals surface area contributed by atoms with E-state index in [1.807, 2.05) is 6.20 Å². The Balaban J connectivity index is 0. The summed E-state index contributed by atoms with van der Waals surface area (Å²) in [6.07, 6.45) is 6.85. The third-order valence-corrected chi connectivity index (χ3v) is 1.42. The molecular weight excluding hydrogens is 197 g/mol. The Morgan fingerprint density at radius 3 is 2.58 bits per heavy atom. The van der Waals surface area contributed by atoms with Crippen molar-refractivity contribution >= 4 is 24.8 Å². The summed E-state index contributed by atoms with van der Waals surface area (Å²) in [5, 5.41) is 0. The van der Waals surface area contributed by atoms with Crippen LogP contribution in [-0.2, 0) is 6.42 Å². The molecule has 0 atom stereocenters. The predicted octanol–water partition coefficient (Wildman–Crippen LogP) is 1.53. The van der Waals surface area contributed by atoms with Gasteiger partial charge >= 0.3 is 0 Å². The Kier molecular flexibility index (Phi) is 10.5. The van der Waals surface area contributed by atoms with Gasteiger partial charge in [-0.3, -0.25) is 0 Å². The van der Waals surface area contributed by atoms with Crippen molar-refractivity contribution in [3.8, 4) is 0 Å². The number of hydrogen-bond acceptors (Lipinski definition) is 2. The van der Waals surface area contributed by atoms with Crippen molar-refractivity contribution in [2.24, 2.45) is 5.73 Å². The van der Waals surface area contributed by atoms with E-state index in [4.69, 9.17) is 5.73 Å². The lowest BCUT2D eigenvalue weighted by Crippen LogP contribution is -1.99. The largest absolute Gasteiger partial charge is 0.349 e. The van der Waals surface area contributed by atoms with Crippen LogP contribution in [0, 0.1) is 0 Å². The van der Waals surface area contributed by atoms with Gasteiger partial charge in [0.1, 0.15) is 5.82 Å². The molecule has 1 heterocycles. The van der Waals surface area contributed by atoms with E-state index in [2.05, 4.69) is 9.97 Å². The van der Waals surface area contributed by atoms with Crippen molar-refractivity contribution in [3.05, 3.63) is 18.2 Å². The first kappa shape index (κ1) is 14.3. The van der Waals surface area contributed by atoms with Crippen LogP contribution in [0.3, 0.4) is 0 Å². The normalized spacial score (nSPS) is 8.42. The standard InChI is InChI=1S/C7H13N3.2ClH/c8-4-2-1-3-7-9-5-6-10-7;;/h5-6H,1-4,8H2,(H,9,10);2*1H. The molecule has 0 aliphatic heterocycles. The van der Waals surface area contributed by atoms with Crippen LogP contribution >= 0.6 is 24.8 Å². The fourth-order valence-corrected chi connectivity index (χ4v) is 0.871. The monoisotopic (exact) mass is 211 g/mol. The molecule has 72 valence electrons. The second kappa shape index (κ2) is 8.84. The molecule has 0 radical (unpaired) electrons. The van der Waals surface area contributed by atoms with Gasteiger partial charge in [0.15, 0.2) is 0 Å². The maximum Gasteiger partial charge on any atom is 0.105 e. The van der Waals surface area contributed by atoms with E-state index in [0.717, 1.165) is 31.6 Å². The van der Waals surface area contributed by atoms with Gasteiger partial charge in [-0.2, -0.15) is 0 Å². The summed E-state index contributed by atoms with van der Waals surface area (Å²) in [6, 6.07) is 0. The van der Waals surface area contributed by atoms with Crippen LogP contribution < -0.4 is 5.73 Å². The van der Waals surface area contributed by atoms with Crippen LogP contribution in [0.5, 0.6) is 0 Å². The number of nitrogens with one attached hydrogen (secondary N) is 1.